The van der Waals surface area contributed by atoms with Crippen LogP contribution in [0.2, 0.25) is 0 Å². The van der Waals surface area contributed by atoms with E-state index in [2.05, 4.69) is 10.3 Å². The lowest BCUT2D eigenvalue weighted by molar-refractivity contribution is -0.118. The summed E-state index contributed by atoms with van der Waals surface area (Å²) in [5.74, 6) is 0.428. The number of aromatic nitrogens is 1. The maximum atomic E-state index is 12.8. The molecule has 2 aromatic heterocycles. The minimum absolute atomic E-state index is 0.111. The Morgan fingerprint density at radius 2 is 2.13 bits per heavy atom. The molecule has 23 heavy (non-hydrogen) atoms. The fourth-order valence-electron chi connectivity index (χ4n) is 1.82. The highest BCUT2D eigenvalue weighted by Crippen LogP contribution is 2.23. The van der Waals surface area contributed by atoms with Crippen LogP contribution in [0, 0.1) is 5.82 Å². The Morgan fingerprint density at radius 1 is 1.30 bits per heavy atom. The van der Waals surface area contributed by atoms with Crippen molar-refractivity contribution in [3.05, 3.63) is 59.6 Å². The van der Waals surface area contributed by atoms with Crippen molar-refractivity contribution in [1.82, 2.24) is 10.3 Å². The Hall–Kier alpha value is -2.12. The van der Waals surface area contributed by atoms with Crippen LogP contribution in [0.1, 0.15) is 5.69 Å². The predicted octanol–water partition coefficient (Wildman–Crippen LogP) is 3.95. The van der Waals surface area contributed by atoms with Gasteiger partial charge in [-0.3, -0.25) is 4.79 Å². The zero-order valence-corrected chi connectivity index (χ0v) is 13.6. The van der Waals surface area contributed by atoms with E-state index in [0.717, 1.165) is 9.77 Å². The van der Waals surface area contributed by atoms with Gasteiger partial charge in [-0.2, -0.15) is 0 Å². The second kappa shape index (κ2) is 7.43. The van der Waals surface area contributed by atoms with Crippen LogP contribution >= 0.6 is 23.1 Å². The number of nitrogens with one attached hydrogen (secondary N) is 1. The second-order valence-corrected chi connectivity index (χ2v) is 6.64. The zero-order valence-electron chi connectivity index (χ0n) is 12.0. The van der Waals surface area contributed by atoms with Gasteiger partial charge < -0.3 is 9.73 Å². The van der Waals surface area contributed by atoms with E-state index in [1.807, 2.05) is 17.5 Å². The number of carbonyl (C=O) groups is 1. The summed E-state index contributed by atoms with van der Waals surface area (Å²) in [5.41, 5.74) is 0.675. The quantitative estimate of drug-likeness (QED) is 0.685. The van der Waals surface area contributed by atoms with Gasteiger partial charge in [-0.15, -0.1) is 23.1 Å². The van der Waals surface area contributed by atoms with Gasteiger partial charge in [0, 0.05) is 4.90 Å². The SMILES string of the molecule is O=C(CSc1ccc(F)cc1)NCc1coc(-c2cccs2)n1. The average Bonchev–Trinajstić information content (AvgIpc) is 3.23. The molecule has 0 saturated carbocycles. The Kier molecular flexibility index (Phi) is 5.09. The molecule has 2 heterocycles. The Bertz CT molecular complexity index is 770. The number of amides is 1. The van der Waals surface area contributed by atoms with E-state index >= 15 is 0 Å². The summed E-state index contributed by atoms with van der Waals surface area (Å²) in [5, 5.41) is 4.74. The summed E-state index contributed by atoms with van der Waals surface area (Å²) in [6.45, 7) is 0.317. The fourth-order valence-corrected chi connectivity index (χ4v) is 3.21. The molecule has 118 valence electrons. The molecule has 1 N–H and O–H groups in total. The third kappa shape index (κ3) is 4.43. The Morgan fingerprint density at radius 3 is 2.87 bits per heavy atom. The van der Waals surface area contributed by atoms with Gasteiger partial charge in [0.1, 0.15) is 12.1 Å². The van der Waals surface area contributed by atoms with Crippen molar-refractivity contribution in [1.29, 1.82) is 0 Å². The molecule has 0 unspecified atom stereocenters. The molecule has 0 bridgehead atoms. The molecule has 0 radical (unpaired) electrons. The van der Waals surface area contributed by atoms with Gasteiger partial charge in [0.2, 0.25) is 11.8 Å². The van der Waals surface area contributed by atoms with Gasteiger partial charge in [-0.1, -0.05) is 6.07 Å². The molecule has 3 aromatic rings. The Labute approximate surface area is 140 Å². The smallest absolute Gasteiger partial charge is 0.236 e. The van der Waals surface area contributed by atoms with Crippen LogP contribution in [0.15, 0.2) is 57.4 Å². The van der Waals surface area contributed by atoms with Gasteiger partial charge in [0.15, 0.2) is 0 Å². The highest BCUT2D eigenvalue weighted by atomic mass is 32.2. The number of oxazole rings is 1. The standard InChI is InChI=1S/C16H13FN2O2S2/c17-11-3-5-13(6-4-11)23-10-15(20)18-8-12-9-21-16(19-12)14-2-1-7-22-14/h1-7,9H,8,10H2,(H,18,20). The molecule has 3 rings (SSSR count). The van der Waals surface area contributed by atoms with Crippen LogP contribution in [0.5, 0.6) is 0 Å². The van der Waals surface area contributed by atoms with Crippen molar-refractivity contribution in [3.63, 3.8) is 0 Å². The first-order valence-electron chi connectivity index (χ1n) is 6.84. The number of carbonyl (C=O) groups excluding carboxylic acids is 1. The molecule has 7 heteroatoms. The summed E-state index contributed by atoms with van der Waals surface area (Å²) >= 11 is 2.90. The third-order valence-corrected chi connectivity index (χ3v) is 4.80. The summed E-state index contributed by atoms with van der Waals surface area (Å²) < 4.78 is 18.2. The summed E-state index contributed by atoms with van der Waals surface area (Å²) in [6, 6.07) is 9.91. The normalized spacial score (nSPS) is 10.7. The number of hydrogen-bond donors (Lipinski definition) is 1. The first-order chi connectivity index (χ1) is 11.2. The van der Waals surface area contributed by atoms with Crippen LogP contribution in [-0.4, -0.2) is 16.6 Å². The second-order valence-electron chi connectivity index (χ2n) is 4.64. The number of rotatable bonds is 6. The van der Waals surface area contributed by atoms with Gasteiger partial charge >= 0.3 is 0 Å². The van der Waals surface area contributed by atoms with E-state index in [0.29, 0.717) is 18.1 Å². The molecule has 0 spiro atoms. The van der Waals surface area contributed by atoms with Gasteiger partial charge in [0.05, 0.1) is 22.9 Å². The summed E-state index contributed by atoms with van der Waals surface area (Å²) in [6.07, 6.45) is 1.54. The number of benzene rings is 1. The minimum atomic E-state index is -0.286. The van der Waals surface area contributed by atoms with Gasteiger partial charge in [-0.25, -0.2) is 9.37 Å². The largest absolute Gasteiger partial charge is 0.443 e. The topological polar surface area (TPSA) is 55.1 Å². The van der Waals surface area contributed by atoms with Crippen molar-refractivity contribution in [2.75, 3.05) is 5.75 Å². The average molecular weight is 348 g/mol. The number of hydrogen-bond acceptors (Lipinski definition) is 5. The fraction of sp³-hybridized carbons (Fsp3) is 0.125. The monoisotopic (exact) mass is 348 g/mol. The van der Waals surface area contributed by atoms with Crippen molar-refractivity contribution in [3.8, 4) is 10.8 Å². The first-order valence-corrected chi connectivity index (χ1v) is 8.70. The number of thioether (sulfide) groups is 1. The van der Waals surface area contributed by atoms with Crippen LogP contribution in [-0.2, 0) is 11.3 Å². The van der Waals surface area contributed by atoms with E-state index in [1.54, 1.807) is 29.7 Å². The molecule has 0 fully saturated rings. The molecule has 0 aliphatic rings. The lowest BCUT2D eigenvalue weighted by Gasteiger charge is -2.03. The number of halogens is 1. The van der Waals surface area contributed by atoms with Gasteiger partial charge in [-0.05, 0) is 35.7 Å². The van der Waals surface area contributed by atoms with Gasteiger partial charge in [0.25, 0.3) is 0 Å². The highest BCUT2D eigenvalue weighted by Gasteiger charge is 2.09. The van der Waals surface area contributed by atoms with Crippen molar-refractivity contribution in [2.45, 2.75) is 11.4 Å². The van der Waals surface area contributed by atoms with Crippen LogP contribution in [0.25, 0.3) is 10.8 Å². The van der Waals surface area contributed by atoms with E-state index in [1.165, 1.54) is 23.9 Å². The molecule has 4 nitrogen and oxygen atoms in total. The van der Waals surface area contributed by atoms with Crippen molar-refractivity contribution < 1.29 is 13.6 Å². The molecule has 1 amide bonds. The lowest BCUT2D eigenvalue weighted by Crippen LogP contribution is -2.24. The van der Waals surface area contributed by atoms with Crippen LogP contribution < -0.4 is 5.32 Å². The third-order valence-electron chi connectivity index (χ3n) is 2.93. The molecule has 0 aliphatic heterocycles. The van der Waals surface area contributed by atoms with Crippen LogP contribution in [0.4, 0.5) is 4.39 Å². The van der Waals surface area contributed by atoms with E-state index in [9.17, 15) is 9.18 Å². The van der Waals surface area contributed by atoms with Crippen LogP contribution in [0.3, 0.4) is 0 Å². The van der Waals surface area contributed by atoms with Crippen molar-refractivity contribution in [2.24, 2.45) is 0 Å². The highest BCUT2D eigenvalue weighted by molar-refractivity contribution is 8.00. The summed E-state index contributed by atoms with van der Waals surface area (Å²) in [7, 11) is 0. The zero-order chi connectivity index (χ0) is 16.1. The maximum absolute atomic E-state index is 12.8. The van der Waals surface area contributed by atoms with E-state index in [4.69, 9.17) is 4.42 Å². The molecule has 0 aliphatic carbocycles. The molecular weight excluding hydrogens is 335 g/mol. The lowest BCUT2D eigenvalue weighted by atomic mass is 10.4. The first kappa shape index (κ1) is 15.8. The molecule has 1 aromatic carbocycles. The molecule has 0 saturated heterocycles. The van der Waals surface area contributed by atoms with E-state index < -0.39 is 0 Å². The molecule has 0 atom stereocenters. The maximum Gasteiger partial charge on any atom is 0.236 e. The predicted molar refractivity (Wildman–Crippen MR) is 88.8 cm³/mol. The minimum Gasteiger partial charge on any atom is -0.443 e. The number of thiophene rings is 1. The summed E-state index contributed by atoms with van der Waals surface area (Å²) in [4.78, 5) is 18.0. The van der Waals surface area contributed by atoms with Crippen molar-refractivity contribution >= 4 is 29.0 Å². The number of nitrogens with zero attached hydrogens (tertiary/aromatic N) is 1. The molecular formula is C16H13FN2O2S2. The Balaban J connectivity index is 1.46. The van der Waals surface area contributed by atoms with E-state index in [-0.39, 0.29) is 17.5 Å².